The summed E-state index contributed by atoms with van der Waals surface area (Å²) < 4.78 is 5.45. The van der Waals surface area contributed by atoms with Gasteiger partial charge in [-0.1, -0.05) is 11.6 Å². The van der Waals surface area contributed by atoms with Crippen molar-refractivity contribution in [3.8, 4) is 11.4 Å². The summed E-state index contributed by atoms with van der Waals surface area (Å²) in [4.78, 5) is 40.8. The first-order valence-electron chi connectivity index (χ1n) is 13.0. The van der Waals surface area contributed by atoms with E-state index in [1.165, 1.54) is 0 Å². The van der Waals surface area contributed by atoms with Crippen LogP contribution in [0, 0.1) is 6.92 Å². The van der Waals surface area contributed by atoms with Gasteiger partial charge in [0.05, 0.1) is 13.2 Å². The lowest BCUT2D eigenvalue weighted by molar-refractivity contribution is 0.0664. The van der Waals surface area contributed by atoms with Gasteiger partial charge in [-0.2, -0.15) is 0 Å². The number of amides is 3. The summed E-state index contributed by atoms with van der Waals surface area (Å²) in [6.45, 7) is 7.89. The summed E-state index contributed by atoms with van der Waals surface area (Å²) in [5.41, 5.74) is 3.45. The second-order valence-corrected chi connectivity index (χ2v) is 10.1. The van der Waals surface area contributed by atoms with E-state index in [1.54, 1.807) is 36.4 Å². The summed E-state index contributed by atoms with van der Waals surface area (Å²) in [7, 11) is 2.05. The highest BCUT2D eigenvalue weighted by Gasteiger charge is 2.21. The zero-order chi connectivity index (χ0) is 27.4. The van der Waals surface area contributed by atoms with Crippen molar-refractivity contribution in [3.63, 3.8) is 0 Å². The van der Waals surface area contributed by atoms with Crippen LogP contribution in [0.25, 0.3) is 11.4 Å². The van der Waals surface area contributed by atoms with E-state index in [2.05, 4.69) is 32.5 Å². The maximum atomic E-state index is 12.7. The first-order chi connectivity index (χ1) is 18.9. The van der Waals surface area contributed by atoms with E-state index < -0.39 is 0 Å². The van der Waals surface area contributed by atoms with Crippen LogP contribution in [0.3, 0.4) is 0 Å². The molecule has 3 amide bonds. The average molecular weight is 550 g/mol. The zero-order valence-electron chi connectivity index (χ0n) is 22.1. The normalized spacial score (nSPS) is 16.2. The first-order valence-corrected chi connectivity index (χ1v) is 13.4. The number of carbonyl (C=O) groups excluding carboxylic acids is 2. The number of urea groups is 1. The number of anilines is 3. The Hall–Kier alpha value is -3.73. The largest absolute Gasteiger partial charge is 0.378 e. The van der Waals surface area contributed by atoms with E-state index in [0.29, 0.717) is 54.2 Å². The lowest BCUT2D eigenvalue weighted by atomic mass is 10.1. The number of piperazine rings is 1. The monoisotopic (exact) mass is 549 g/mol. The van der Waals surface area contributed by atoms with Gasteiger partial charge in [0, 0.05) is 67.3 Å². The third-order valence-corrected chi connectivity index (χ3v) is 7.32. The highest BCUT2D eigenvalue weighted by molar-refractivity contribution is 6.30. The average Bonchev–Trinajstić information content (AvgIpc) is 2.96. The predicted molar refractivity (Wildman–Crippen MR) is 153 cm³/mol. The number of morpholine rings is 1. The van der Waals surface area contributed by atoms with Crippen LogP contribution in [0.2, 0.25) is 5.15 Å². The van der Waals surface area contributed by atoms with Crippen molar-refractivity contribution >= 4 is 40.7 Å². The van der Waals surface area contributed by atoms with Gasteiger partial charge in [0.2, 0.25) is 0 Å². The van der Waals surface area contributed by atoms with Crippen LogP contribution in [0.4, 0.5) is 22.0 Å². The number of hydrogen-bond acceptors (Lipinski definition) is 7. The Morgan fingerprint density at radius 3 is 2.05 bits per heavy atom. The van der Waals surface area contributed by atoms with Crippen molar-refractivity contribution in [1.82, 2.24) is 19.8 Å². The van der Waals surface area contributed by atoms with Crippen LogP contribution in [-0.2, 0) is 4.74 Å². The molecule has 2 fully saturated rings. The lowest BCUT2D eigenvalue weighted by Gasteiger charge is -2.32. The number of nitrogens with zero attached hydrogens (tertiary/aromatic N) is 5. The number of halogens is 1. The molecule has 204 valence electrons. The lowest BCUT2D eigenvalue weighted by Crippen LogP contribution is -2.47. The summed E-state index contributed by atoms with van der Waals surface area (Å²) in [5.74, 6) is 1.34. The predicted octanol–water partition coefficient (Wildman–Crippen LogP) is 3.97. The third-order valence-electron chi connectivity index (χ3n) is 6.95. The fraction of sp³-hybridized carbons (Fsp3) is 0.357. The van der Waals surface area contributed by atoms with Crippen LogP contribution >= 0.6 is 11.6 Å². The second-order valence-electron chi connectivity index (χ2n) is 9.72. The Morgan fingerprint density at radius 2 is 1.44 bits per heavy atom. The van der Waals surface area contributed by atoms with E-state index in [0.717, 1.165) is 43.1 Å². The molecule has 3 aromatic rings. The number of nitrogens with one attached hydrogen (secondary N) is 2. The van der Waals surface area contributed by atoms with Gasteiger partial charge in [-0.3, -0.25) is 4.79 Å². The van der Waals surface area contributed by atoms with Crippen molar-refractivity contribution < 1.29 is 14.3 Å². The number of carbonyl (C=O) groups is 2. The van der Waals surface area contributed by atoms with Gasteiger partial charge in [0.1, 0.15) is 11.0 Å². The smallest absolute Gasteiger partial charge is 0.323 e. The fourth-order valence-corrected chi connectivity index (χ4v) is 4.74. The molecule has 11 heteroatoms. The van der Waals surface area contributed by atoms with Crippen LogP contribution in [0.1, 0.15) is 15.9 Å². The van der Waals surface area contributed by atoms with E-state index in [1.807, 2.05) is 24.0 Å². The SMILES string of the molecule is Cc1c(Cl)nc(-c2ccc(NC(=O)Nc3ccc(C(=O)N4CCN(C)CC4)cc3)cc2)nc1N1CCOCC1. The molecule has 0 saturated carbocycles. The number of ether oxygens (including phenoxy) is 1. The summed E-state index contributed by atoms with van der Waals surface area (Å²) >= 11 is 6.44. The molecule has 1 aromatic heterocycles. The molecule has 2 aromatic carbocycles. The Bertz CT molecular complexity index is 1320. The Kier molecular flexibility index (Phi) is 8.25. The molecule has 39 heavy (non-hydrogen) atoms. The van der Waals surface area contributed by atoms with E-state index in [4.69, 9.17) is 21.3 Å². The van der Waals surface area contributed by atoms with E-state index in [-0.39, 0.29) is 11.9 Å². The summed E-state index contributed by atoms with van der Waals surface area (Å²) in [6.07, 6.45) is 0. The molecular weight excluding hydrogens is 518 g/mol. The Balaban J connectivity index is 1.19. The molecule has 2 N–H and O–H groups in total. The van der Waals surface area contributed by atoms with Gasteiger partial charge < -0.3 is 30.1 Å². The van der Waals surface area contributed by atoms with Crippen molar-refractivity contribution in [2.45, 2.75) is 6.92 Å². The number of aromatic nitrogens is 2. The Labute approximate surface area is 232 Å². The molecule has 0 radical (unpaired) electrons. The van der Waals surface area contributed by atoms with Crippen LogP contribution in [0.15, 0.2) is 48.5 Å². The Morgan fingerprint density at radius 1 is 0.846 bits per heavy atom. The van der Waals surface area contributed by atoms with Crippen LogP contribution < -0.4 is 15.5 Å². The van der Waals surface area contributed by atoms with Gasteiger partial charge in [0.15, 0.2) is 5.82 Å². The standard InChI is InChI=1S/C28H32ClN7O3/c1-19-24(29)32-25(33-26(19)35-15-17-39-18-16-35)20-3-7-22(8-4-20)30-28(38)31-23-9-5-21(6-10-23)27(37)36-13-11-34(2)12-14-36/h3-10H,11-18H2,1-2H3,(H2,30,31,38). The highest BCUT2D eigenvalue weighted by Crippen LogP contribution is 2.28. The minimum absolute atomic E-state index is 0.00935. The number of hydrogen-bond donors (Lipinski definition) is 2. The molecule has 2 saturated heterocycles. The van der Waals surface area contributed by atoms with E-state index >= 15 is 0 Å². The zero-order valence-corrected chi connectivity index (χ0v) is 22.9. The van der Waals surface area contributed by atoms with Gasteiger partial charge >= 0.3 is 6.03 Å². The number of likely N-dealkylation sites (N-methyl/N-ethyl adjacent to an activating group) is 1. The quantitative estimate of drug-likeness (QED) is 0.464. The molecular formula is C28H32ClN7O3. The molecule has 0 atom stereocenters. The molecule has 0 bridgehead atoms. The number of benzene rings is 2. The highest BCUT2D eigenvalue weighted by atomic mass is 35.5. The van der Waals surface area contributed by atoms with Crippen molar-refractivity contribution in [1.29, 1.82) is 0 Å². The molecule has 5 rings (SSSR count). The maximum Gasteiger partial charge on any atom is 0.323 e. The van der Waals surface area contributed by atoms with Crippen molar-refractivity contribution in [2.24, 2.45) is 0 Å². The summed E-state index contributed by atoms with van der Waals surface area (Å²) in [5, 5.41) is 6.05. The minimum Gasteiger partial charge on any atom is -0.378 e. The molecule has 0 unspecified atom stereocenters. The molecule has 3 heterocycles. The van der Waals surface area contributed by atoms with Gasteiger partial charge in [0.25, 0.3) is 5.91 Å². The van der Waals surface area contributed by atoms with E-state index in [9.17, 15) is 9.59 Å². The van der Waals surface area contributed by atoms with Crippen LogP contribution in [-0.4, -0.2) is 91.2 Å². The van der Waals surface area contributed by atoms with Gasteiger partial charge in [-0.25, -0.2) is 14.8 Å². The maximum absolute atomic E-state index is 12.7. The van der Waals surface area contributed by atoms with Gasteiger partial charge in [-0.15, -0.1) is 0 Å². The molecule has 2 aliphatic rings. The summed E-state index contributed by atoms with van der Waals surface area (Å²) in [6, 6.07) is 13.8. The fourth-order valence-electron chi connectivity index (χ4n) is 4.57. The van der Waals surface area contributed by atoms with Crippen molar-refractivity contribution in [2.75, 3.05) is 75.1 Å². The molecule has 2 aliphatic heterocycles. The minimum atomic E-state index is -0.384. The second kappa shape index (κ2) is 12.0. The molecule has 0 spiro atoms. The van der Waals surface area contributed by atoms with Crippen molar-refractivity contribution in [3.05, 3.63) is 64.8 Å². The topological polar surface area (TPSA) is 103 Å². The van der Waals surface area contributed by atoms with Gasteiger partial charge in [-0.05, 0) is 62.5 Å². The third kappa shape index (κ3) is 6.47. The molecule has 0 aliphatic carbocycles. The van der Waals surface area contributed by atoms with Crippen LogP contribution in [0.5, 0.6) is 0 Å². The first kappa shape index (κ1) is 26.9. The molecule has 10 nitrogen and oxygen atoms in total. The number of rotatable bonds is 5.